The minimum atomic E-state index is -5.08. The van der Waals surface area contributed by atoms with E-state index in [2.05, 4.69) is 48.0 Å². The Balaban J connectivity index is 0.000000423. The lowest BCUT2D eigenvalue weighted by atomic mass is 9.91. The van der Waals surface area contributed by atoms with Crippen LogP contribution in [0.5, 0.6) is 0 Å². The molecule has 1 aromatic carbocycles. The normalized spacial score (nSPS) is 14.5. The van der Waals surface area contributed by atoms with Crippen molar-refractivity contribution < 1.29 is 27.8 Å². The Bertz CT molecular complexity index is 830. The molecule has 0 radical (unpaired) electrons. The second-order valence-corrected chi connectivity index (χ2v) is 8.75. The van der Waals surface area contributed by atoms with E-state index in [1.807, 2.05) is 18.2 Å². The zero-order chi connectivity index (χ0) is 23.1. The molecule has 0 aliphatic carbocycles. The highest BCUT2D eigenvalue weighted by molar-refractivity contribution is 5.73. The van der Waals surface area contributed by atoms with Gasteiger partial charge in [-0.15, -0.1) is 0 Å². The molecule has 0 saturated heterocycles. The summed E-state index contributed by atoms with van der Waals surface area (Å²) in [6.07, 6.45) is -2.80. The van der Waals surface area contributed by atoms with E-state index < -0.39 is 12.1 Å². The van der Waals surface area contributed by atoms with Crippen molar-refractivity contribution in [3.8, 4) is 0 Å². The standard InChI is InChI=1S/C20H29N3O.C2HF3O2/c1-20(2,3)10-12-23-11-9-18-17(13-23)19(22-21-18)15-24-14-16-7-5-4-6-8-16;3-2(4,5)1(6)7/h4-8H,9-15H2,1-3H3,(H,21,22);(H,6,7). The molecule has 0 fully saturated rings. The largest absolute Gasteiger partial charge is 0.490 e. The summed E-state index contributed by atoms with van der Waals surface area (Å²) < 4.78 is 37.6. The Morgan fingerprint density at radius 3 is 2.42 bits per heavy atom. The third-order valence-electron chi connectivity index (χ3n) is 4.87. The van der Waals surface area contributed by atoms with Crippen LogP contribution in [0.4, 0.5) is 13.2 Å². The summed E-state index contributed by atoms with van der Waals surface area (Å²) in [6, 6.07) is 10.3. The number of carboxylic acid groups (broad SMARTS) is 1. The average Bonchev–Trinajstić information content (AvgIpc) is 3.09. The summed E-state index contributed by atoms with van der Waals surface area (Å²) in [5, 5.41) is 14.8. The molecule has 6 nitrogen and oxygen atoms in total. The van der Waals surface area contributed by atoms with Crippen LogP contribution in [0.15, 0.2) is 30.3 Å². The number of alkyl halides is 3. The minimum Gasteiger partial charge on any atom is -0.475 e. The van der Waals surface area contributed by atoms with Crippen LogP contribution in [0.3, 0.4) is 0 Å². The Hall–Kier alpha value is -2.39. The predicted octanol–water partition coefficient (Wildman–Crippen LogP) is 4.55. The molecule has 31 heavy (non-hydrogen) atoms. The van der Waals surface area contributed by atoms with Crippen molar-refractivity contribution >= 4 is 5.97 Å². The van der Waals surface area contributed by atoms with Crippen molar-refractivity contribution in [2.45, 2.75) is 59.5 Å². The molecule has 0 atom stereocenters. The fourth-order valence-corrected chi connectivity index (χ4v) is 3.05. The summed E-state index contributed by atoms with van der Waals surface area (Å²) in [7, 11) is 0. The minimum absolute atomic E-state index is 0.387. The molecule has 9 heteroatoms. The first-order valence-corrected chi connectivity index (χ1v) is 10.1. The van der Waals surface area contributed by atoms with Gasteiger partial charge in [-0.3, -0.25) is 10.00 Å². The Morgan fingerprint density at radius 2 is 1.84 bits per heavy atom. The molecule has 0 amide bonds. The zero-order valence-corrected chi connectivity index (χ0v) is 18.1. The van der Waals surface area contributed by atoms with Crippen molar-refractivity contribution in [1.29, 1.82) is 0 Å². The molecule has 0 bridgehead atoms. The molecule has 0 unspecified atom stereocenters. The van der Waals surface area contributed by atoms with Crippen molar-refractivity contribution in [2.75, 3.05) is 13.1 Å². The van der Waals surface area contributed by atoms with Crippen molar-refractivity contribution in [1.82, 2.24) is 15.1 Å². The first-order valence-electron chi connectivity index (χ1n) is 10.1. The Morgan fingerprint density at radius 1 is 1.19 bits per heavy atom. The van der Waals surface area contributed by atoms with E-state index in [1.54, 1.807) is 0 Å². The quantitative estimate of drug-likeness (QED) is 0.688. The van der Waals surface area contributed by atoms with Gasteiger partial charge >= 0.3 is 12.1 Å². The fourth-order valence-electron chi connectivity index (χ4n) is 3.05. The lowest BCUT2D eigenvalue weighted by Gasteiger charge is -2.29. The van der Waals surface area contributed by atoms with Gasteiger partial charge in [0.1, 0.15) is 0 Å². The SMILES string of the molecule is CC(C)(C)CCN1CCc2[nH]nc(COCc3ccccc3)c2C1.O=C(O)C(F)(F)F. The smallest absolute Gasteiger partial charge is 0.475 e. The number of H-pyrrole nitrogens is 1. The first kappa shape index (κ1) is 24.9. The van der Waals surface area contributed by atoms with E-state index >= 15 is 0 Å². The van der Waals surface area contributed by atoms with Crippen LogP contribution in [-0.4, -0.2) is 45.4 Å². The van der Waals surface area contributed by atoms with E-state index in [4.69, 9.17) is 14.6 Å². The number of halogens is 3. The number of carboxylic acids is 1. The third-order valence-corrected chi connectivity index (χ3v) is 4.87. The molecule has 0 saturated carbocycles. The number of benzene rings is 1. The summed E-state index contributed by atoms with van der Waals surface area (Å²) >= 11 is 0. The summed E-state index contributed by atoms with van der Waals surface area (Å²) in [5.74, 6) is -2.76. The summed E-state index contributed by atoms with van der Waals surface area (Å²) in [6.45, 7) is 11.4. The molecule has 1 aliphatic heterocycles. The number of aromatic amines is 1. The molecule has 1 aromatic heterocycles. The van der Waals surface area contributed by atoms with Gasteiger partial charge in [0.2, 0.25) is 0 Å². The second kappa shape index (κ2) is 10.8. The third kappa shape index (κ3) is 8.70. The van der Waals surface area contributed by atoms with Crippen molar-refractivity contribution in [3.63, 3.8) is 0 Å². The van der Waals surface area contributed by atoms with Gasteiger partial charge in [0.15, 0.2) is 0 Å². The monoisotopic (exact) mass is 441 g/mol. The van der Waals surface area contributed by atoms with Crippen molar-refractivity contribution in [3.05, 3.63) is 52.8 Å². The molecule has 2 heterocycles. The van der Waals surface area contributed by atoms with Gasteiger partial charge in [0, 0.05) is 30.8 Å². The van der Waals surface area contributed by atoms with Gasteiger partial charge in [-0.25, -0.2) is 4.79 Å². The van der Waals surface area contributed by atoms with Crippen LogP contribution in [-0.2, 0) is 35.7 Å². The van der Waals surface area contributed by atoms with Crippen molar-refractivity contribution in [2.24, 2.45) is 5.41 Å². The first-order chi connectivity index (χ1) is 14.5. The van der Waals surface area contributed by atoms with E-state index in [0.717, 1.165) is 31.7 Å². The molecule has 2 N–H and O–H groups in total. The highest BCUT2D eigenvalue weighted by atomic mass is 19.4. The average molecular weight is 441 g/mol. The fraction of sp³-hybridized carbons (Fsp3) is 0.545. The molecule has 3 rings (SSSR count). The zero-order valence-electron chi connectivity index (χ0n) is 18.1. The number of carbonyl (C=O) groups is 1. The van der Waals surface area contributed by atoms with Gasteiger partial charge in [0.05, 0.1) is 18.9 Å². The maximum Gasteiger partial charge on any atom is 0.490 e. The Kier molecular flexibility index (Phi) is 8.64. The lowest BCUT2D eigenvalue weighted by Crippen LogP contribution is -2.33. The molecule has 172 valence electrons. The summed E-state index contributed by atoms with van der Waals surface area (Å²) in [4.78, 5) is 11.4. The maximum absolute atomic E-state index is 10.6. The van der Waals surface area contributed by atoms with Crippen LogP contribution >= 0.6 is 0 Å². The van der Waals surface area contributed by atoms with Gasteiger partial charge in [-0.1, -0.05) is 51.1 Å². The van der Waals surface area contributed by atoms with E-state index in [9.17, 15) is 13.2 Å². The maximum atomic E-state index is 10.6. The second-order valence-electron chi connectivity index (χ2n) is 8.75. The van der Waals surface area contributed by atoms with Gasteiger partial charge in [-0.05, 0) is 23.9 Å². The number of aliphatic carboxylic acids is 1. The molecule has 1 aliphatic rings. The molecule has 2 aromatic rings. The molecular formula is C22H30F3N3O3. The number of nitrogens with zero attached hydrogens (tertiary/aromatic N) is 2. The number of nitrogens with one attached hydrogen (secondary N) is 1. The van der Waals surface area contributed by atoms with Crippen LogP contribution in [0.1, 0.15) is 49.7 Å². The van der Waals surface area contributed by atoms with E-state index in [0.29, 0.717) is 18.6 Å². The molecule has 0 spiro atoms. The number of ether oxygens (including phenoxy) is 1. The highest BCUT2D eigenvalue weighted by Crippen LogP contribution is 2.24. The number of fused-ring (bicyclic) bond motifs is 1. The highest BCUT2D eigenvalue weighted by Gasteiger charge is 2.38. The summed E-state index contributed by atoms with van der Waals surface area (Å²) in [5.41, 5.74) is 5.30. The predicted molar refractivity (Wildman–Crippen MR) is 110 cm³/mol. The van der Waals surface area contributed by atoms with Gasteiger partial charge in [0.25, 0.3) is 0 Å². The molecular weight excluding hydrogens is 411 g/mol. The van der Waals surface area contributed by atoms with Crippen LogP contribution in [0.2, 0.25) is 0 Å². The van der Waals surface area contributed by atoms with Crippen LogP contribution in [0, 0.1) is 5.41 Å². The van der Waals surface area contributed by atoms with Crippen LogP contribution < -0.4 is 0 Å². The van der Waals surface area contributed by atoms with E-state index in [1.165, 1.54) is 23.2 Å². The van der Waals surface area contributed by atoms with Crippen LogP contribution in [0.25, 0.3) is 0 Å². The number of hydrogen-bond donors (Lipinski definition) is 2. The van der Waals surface area contributed by atoms with Gasteiger partial charge < -0.3 is 9.84 Å². The number of hydrogen-bond acceptors (Lipinski definition) is 4. The number of rotatable bonds is 6. The van der Waals surface area contributed by atoms with Gasteiger partial charge in [-0.2, -0.15) is 18.3 Å². The number of aromatic nitrogens is 2. The Labute approximate surface area is 180 Å². The topological polar surface area (TPSA) is 78.5 Å². The van der Waals surface area contributed by atoms with E-state index in [-0.39, 0.29) is 0 Å². The lowest BCUT2D eigenvalue weighted by molar-refractivity contribution is -0.192.